The van der Waals surface area contributed by atoms with Gasteiger partial charge in [-0.1, -0.05) is 19.1 Å². The number of ether oxygens (including phenoxy) is 2. The number of anilines is 1. The third-order valence-electron chi connectivity index (χ3n) is 5.21. The second-order valence-corrected chi connectivity index (χ2v) is 8.99. The van der Waals surface area contributed by atoms with Gasteiger partial charge in [-0.2, -0.15) is 0 Å². The molecule has 2 N–H and O–H groups in total. The van der Waals surface area contributed by atoms with Gasteiger partial charge in [0.1, 0.15) is 10.6 Å². The van der Waals surface area contributed by atoms with Crippen LogP contribution in [0.1, 0.15) is 42.6 Å². The maximum atomic E-state index is 13.0. The maximum absolute atomic E-state index is 13.0. The van der Waals surface area contributed by atoms with Gasteiger partial charge in [0.05, 0.1) is 19.3 Å². The van der Waals surface area contributed by atoms with Crippen LogP contribution in [0.5, 0.6) is 5.75 Å². The van der Waals surface area contributed by atoms with Gasteiger partial charge in [0.2, 0.25) is 0 Å². The first-order valence-electron chi connectivity index (χ1n) is 10.1. The normalized spacial score (nSPS) is 17.4. The molecule has 30 heavy (non-hydrogen) atoms. The molecule has 1 saturated heterocycles. The molecule has 3 rings (SSSR count). The summed E-state index contributed by atoms with van der Waals surface area (Å²) in [5, 5.41) is 2.90. The molecular formula is C22H28N2O5S. The molecule has 1 fully saturated rings. The molecule has 1 amide bonds. The topological polar surface area (TPSA) is 93.7 Å². The predicted molar refractivity (Wildman–Crippen MR) is 116 cm³/mol. The van der Waals surface area contributed by atoms with Crippen LogP contribution in [-0.4, -0.2) is 40.2 Å². The Balaban J connectivity index is 1.82. The van der Waals surface area contributed by atoms with Crippen LogP contribution in [0.2, 0.25) is 0 Å². The molecular weight excluding hydrogens is 404 g/mol. The highest BCUT2D eigenvalue weighted by Gasteiger charge is 2.26. The Hall–Kier alpha value is -2.58. The summed E-state index contributed by atoms with van der Waals surface area (Å²) >= 11 is 0. The molecule has 1 heterocycles. The zero-order valence-electron chi connectivity index (χ0n) is 17.5. The molecule has 0 saturated carbocycles. The standard InChI is InChI=1S/C22H28N2O5S/c1-4-16-7-10-18(11-8-16)24-30(26,27)21-14-17(9-12-20(21)28-3)22(25)23-15(2)19-6-5-13-29-19/h7-12,14-15,19,24H,4-6,13H2,1-3H3,(H,23,25). The first kappa shape index (κ1) is 22.1. The third-order valence-corrected chi connectivity index (χ3v) is 6.61. The molecule has 0 spiro atoms. The lowest BCUT2D eigenvalue weighted by Crippen LogP contribution is -2.40. The molecule has 2 aromatic carbocycles. The number of nitrogens with one attached hydrogen (secondary N) is 2. The Morgan fingerprint density at radius 3 is 2.57 bits per heavy atom. The summed E-state index contributed by atoms with van der Waals surface area (Å²) < 4.78 is 39.4. The van der Waals surface area contributed by atoms with Crippen molar-refractivity contribution in [1.82, 2.24) is 5.32 Å². The van der Waals surface area contributed by atoms with Crippen molar-refractivity contribution >= 4 is 21.6 Å². The summed E-state index contributed by atoms with van der Waals surface area (Å²) in [5.41, 5.74) is 1.79. The minimum Gasteiger partial charge on any atom is -0.495 e. The molecule has 162 valence electrons. The van der Waals surface area contributed by atoms with E-state index in [1.807, 2.05) is 26.0 Å². The highest BCUT2D eigenvalue weighted by Crippen LogP contribution is 2.27. The molecule has 1 aliphatic heterocycles. The van der Waals surface area contributed by atoms with Crippen molar-refractivity contribution in [2.45, 2.75) is 50.2 Å². The summed E-state index contributed by atoms with van der Waals surface area (Å²) in [6, 6.07) is 11.4. The van der Waals surface area contributed by atoms with Crippen molar-refractivity contribution in [3.8, 4) is 5.75 Å². The van der Waals surface area contributed by atoms with E-state index in [-0.39, 0.29) is 34.3 Å². The quantitative estimate of drug-likeness (QED) is 0.667. The fraction of sp³-hybridized carbons (Fsp3) is 0.409. The van der Waals surface area contributed by atoms with Crippen LogP contribution in [0, 0.1) is 0 Å². The number of carbonyl (C=O) groups excluding carboxylic acids is 1. The smallest absolute Gasteiger partial charge is 0.265 e. The fourth-order valence-corrected chi connectivity index (χ4v) is 4.68. The van der Waals surface area contributed by atoms with Gasteiger partial charge < -0.3 is 14.8 Å². The molecule has 8 heteroatoms. The Kier molecular flexibility index (Phi) is 6.99. The minimum atomic E-state index is -3.96. The maximum Gasteiger partial charge on any atom is 0.265 e. The SMILES string of the molecule is CCc1ccc(NS(=O)(=O)c2cc(C(=O)NC(C)C3CCCO3)ccc2OC)cc1. The van der Waals surface area contributed by atoms with Crippen LogP contribution in [0.3, 0.4) is 0 Å². The number of hydrogen-bond acceptors (Lipinski definition) is 5. The number of sulfonamides is 1. The molecule has 1 aliphatic rings. The van der Waals surface area contributed by atoms with Crippen molar-refractivity contribution < 1.29 is 22.7 Å². The third kappa shape index (κ3) is 5.12. The van der Waals surface area contributed by atoms with Crippen LogP contribution in [0.15, 0.2) is 47.4 Å². The van der Waals surface area contributed by atoms with Crippen LogP contribution in [0.25, 0.3) is 0 Å². The van der Waals surface area contributed by atoms with Gasteiger partial charge in [-0.15, -0.1) is 0 Å². The Labute approximate surface area is 177 Å². The van der Waals surface area contributed by atoms with E-state index in [0.29, 0.717) is 12.3 Å². The summed E-state index contributed by atoms with van der Waals surface area (Å²) in [6.07, 6.45) is 2.70. The van der Waals surface area contributed by atoms with Crippen LogP contribution >= 0.6 is 0 Å². The summed E-state index contributed by atoms with van der Waals surface area (Å²) in [6.45, 7) is 4.61. The average Bonchev–Trinajstić information content (AvgIpc) is 3.28. The van der Waals surface area contributed by atoms with E-state index in [0.717, 1.165) is 24.8 Å². The largest absolute Gasteiger partial charge is 0.495 e. The van der Waals surface area contributed by atoms with Crippen LogP contribution < -0.4 is 14.8 Å². The molecule has 0 bridgehead atoms. The second-order valence-electron chi connectivity index (χ2n) is 7.34. The lowest BCUT2D eigenvalue weighted by Gasteiger charge is -2.20. The Morgan fingerprint density at radius 2 is 1.97 bits per heavy atom. The molecule has 0 aliphatic carbocycles. The molecule has 2 aromatic rings. The monoisotopic (exact) mass is 432 g/mol. The molecule has 2 unspecified atom stereocenters. The fourth-order valence-electron chi connectivity index (χ4n) is 3.43. The van der Waals surface area contributed by atoms with Gasteiger partial charge in [0.15, 0.2) is 0 Å². The number of benzene rings is 2. The number of methoxy groups -OCH3 is 1. The van der Waals surface area contributed by atoms with E-state index in [2.05, 4.69) is 10.0 Å². The van der Waals surface area contributed by atoms with Gasteiger partial charge in [0, 0.05) is 17.9 Å². The summed E-state index contributed by atoms with van der Waals surface area (Å²) in [5.74, 6) is -0.194. The predicted octanol–water partition coefficient (Wildman–Crippen LogP) is 3.36. The lowest BCUT2D eigenvalue weighted by atomic mass is 10.1. The van der Waals surface area contributed by atoms with Crippen LogP contribution in [-0.2, 0) is 21.2 Å². The highest BCUT2D eigenvalue weighted by atomic mass is 32.2. The zero-order chi connectivity index (χ0) is 21.7. The van der Waals surface area contributed by atoms with Crippen molar-refractivity contribution in [3.05, 3.63) is 53.6 Å². The van der Waals surface area contributed by atoms with Gasteiger partial charge in [-0.05, 0) is 62.1 Å². The van der Waals surface area contributed by atoms with Crippen LogP contribution in [0.4, 0.5) is 5.69 Å². The van der Waals surface area contributed by atoms with E-state index < -0.39 is 10.0 Å². The number of rotatable bonds is 8. The summed E-state index contributed by atoms with van der Waals surface area (Å²) in [4.78, 5) is 12.6. The molecule has 2 atom stereocenters. The van der Waals surface area contributed by atoms with E-state index in [9.17, 15) is 13.2 Å². The molecule has 0 radical (unpaired) electrons. The van der Waals surface area contributed by atoms with Gasteiger partial charge in [-0.3, -0.25) is 9.52 Å². The molecule has 0 aromatic heterocycles. The number of hydrogen-bond donors (Lipinski definition) is 2. The number of aryl methyl sites for hydroxylation is 1. The van der Waals surface area contributed by atoms with E-state index in [1.165, 1.54) is 19.2 Å². The number of amides is 1. The Bertz CT molecular complexity index is 983. The number of carbonyl (C=O) groups is 1. The van der Waals surface area contributed by atoms with Crippen molar-refractivity contribution in [1.29, 1.82) is 0 Å². The highest BCUT2D eigenvalue weighted by molar-refractivity contribution is 7.92. The second kappa shape index (κ2) is 9.49. The van der Waals surface area contributed by atoms with E-state index in [4.69, 9.17) is 9.47 Å². The van der Waals surface area contributed by atoms with Crippen molar-refractivity contribution in [2.24, 2.45) is 0 Å². The first-order chi connectivity index (χ1) is 14.3. The van der Waals surface area contributed by atoms with E-state index >= 15 is 0 Å². The van der Waals surface area contributed by atoms with Gasteiger partial charge >= 0.3 is 0 Å². The Morgan fingerprint density at radius 1 is 1.23 bits per heavy atom. The average molecular weight is 433 g/mol. The zero-order valence-corrected chi connectivity index (χ0v) is 18.3. The van der Waals surface area contributed by atoms with Crippen molar-refractivity contribution in [3.63, 3.8) is 0 Å². The summed E-state index contributed by atoms with van der Waals surface area (Å²) in [7, 11) is -2.56. The van der Waals surface area contributed by atoms with E-state index in [1.54, 1.807) is 18.2 Å². The van der Waals surface area contributed by atoms with Gasteiger partial charge in [-0.25, -0.2) is 8.42 Å². The minimum absolute atomic E-state index is 0.0249. The molecule has 7 nitrogen and oxygen atoms in total. The first-order valence-corrected chi connectivity index (χ1v) is 11.5. The van der Waals surface area contributed by atoms with Gasteiger partial charge in [0.25, 0.3) is 15.9 Å². The van der Waals surface area contributed by atoms with Crippen molar-refractivity contribution in [2.75, 3.05) is 18.4 Å². The lowest BCUT2D eigenvalue weighted by molar-refractivity contribution is 0.0712.